The second kappa shape index (κ2) is 47.7. The number of hydrogen-bond donors (Lipinski definition) is 10. The fourth-order valence-electron chi connectivity index (χ4n) is 16.7. The second-order valence-corrected chi connectivity index (χ2v) is 41.4. The number of nitrogens with zero attached hydrogens (tertiary/aromatic N) is 7. The number of nitrogens with two attached hydrogens (primary N) is 1. The van der Waals surface area contributed by atoms with Gasteiger partial charge < -0.3 is 109 Å². The molecule has 9 amide bonds. The van der Waals surface area contributed by atoms with Crippen molar-refractivity contribution < 1.29 is 110 Å². The van der Waals surface area contributed by atoms with Gasteiger partial charge in [0.05, 0.1) is 69.1 Å². The molecule has 8 bridgehead atoms. The number of fused-ring (bicyclic) bond motifs is 11. The summed E-state index contributed by atoms with van der Waals surface area (Å²) < 4.78 is 59.4. The number of esters is 2. The Hall–Kier alpha value is -10.5. The molecule has 8 heterocycles. The highest BCUT2D eigenvalue weighted by molar-refractivity contribution is 8.77. The van der Waals surface area contributed by atoms with E-state index in [0.29, 0.717) is 64.4 Å². The first-order valence-corrected chi connectivity index (χ1v) is 50.6. The van der Waals surface area contributed by atoms with Crippen molar-refractivity contribution in [1.82, 2.24) is 56.3 Å². The van der Waals surface area contributed by atoms with Gasteiger partial charge in [0.25, 0.3) is 5.91 Å². The monoisotopic (exact) mass is 2030 g/mol. The number of allylic oxidation sites excluding steroid dienone is 6. The minimum Gasteiger partial charge on any atom is -0.495 e. The molecule has 4 saturated heterocycles. The number of aromatic nitrogens is 4. The first-order chi connectivity index (χ1) is 65.4. The van der Waals surface area contributed by atoms with Crippen molar-refractivity contribution in [3.63, 3.8) is 0 Å². The van der Waals surface area contributed by atoms with Gasteiger partial charge in [0.2, 0.25) is 41.4 Å². The number of hydrogen-bond acceptors (Lipinski definition) is 33. The van der Waals surface area contributed by atoms with Gasteiger partial charge in [-0.1, -0.05) is 128 Å². The minimum atomic E-state index is -1.93. The number of amides is 9. The molecule has 2 aromatic heterocycles. The number of halogens is 2. The van der Waals surface area contributed by atoms with Gasteiger partial charge in [-0.15, -0.1) is 0 Å². The molecule has 138 heavy (non-hydrogen) atoms. The van der Waals surface area contributed by atoms with Crippen molar-refractivity contribution in [3.05, 3.63) is 145 Å². The summed E-state index contributed by atoms with van der Waals surface area (Å²) in [4.78, 5) is 186. The molecule has 11 rings (SSSR count). The first kappa shape index (κ1) is 108. The predicted octanol–water partition coefficient (Wildman–Crippen LogP) is 8.62. The van der Waals surface area contributed by atoms with E-state index >= 15 is 0 Å². The third-order valence-corrected chi connectivity index (χ3v) is 31.0. The molecule has 6 aliphatic heterocycles. The van der Waals surface area contributed by atoms with Crippen LogP contribution in [0.25, 0.3) is 11.2 Å². The average molecular weight is 2030 g/mol. The van der Waals surface area contributed by atoms with E-state index < -0.39 is 185 Å². The van der Waals surface area contributed by atoms with E-state index in [0.717, 1.165) is 22.3 Å². The van der Waals surface area contributed by atoms with Crippen LogP contribution >= 0.6 is 66.4 Å². The lowest BCUT2D eigenvalue weighted by molar-refractivity contribution is -0.162. The van der Waals surface area contributed by atoms with Gasteiger partial charge in [0, 0.05) is 134 Å². The van der Waals surface area contributed by atoms with E-state index in [2.05, 4.69) is 51.8 Å². The number of rotatable bonds is 33. The second-order valence-electron chi connectivity index (χ2n) is 35.2. The number of methoxy groups -OCH3 is 4. The zero-order chi connectivity index (χ0) is 101. The Labute approximate surface area is 825 Å². The molecule has 6 aliphatic rings. The molecule has 750 valence electrons. The number of likely N-dealkylation sites (N-methyl/N-ethyl adjacent to an activating group) is 2. The van der Waals surface area contributed by atoms with Crippen molar-refractivity contribution in [1.29, 1.82) is 0 Å². The molecule has 5 aromatic rings. The van der Waals surface area contributed by atoms with Gasteiger partial charge in [-0.2, -0.15) is 4.98 Å². The summed E-state index contributed by atoms with van der Waals surface area (Å²) in [6.45, 7) is 14.0. The molecule has 45 heteroatoms. The maximum atomic E-state index is 14.6. The van der Waals surface area contributed by atoms with Crippen LogP contribution in [0.4, 0.5) is 32.6 Å². The summed E-state index contributed by atoms with van der Waals surface area (Å²) in [6.07, 6.45) is 1.20. The molecule has 0 saturated carbocycles. The van der Waals surface area contributed by atoms with Gasteiger partial charge in [-0.3, -0.25) is 49.0 Å². The number of ether oxygens (including phenoxy) is 10. The minimum absolute atomic E-state index is 0.00288. The van der Waals surface area contributed by atoms with E-state index in [1.807, 2.05) is 26.0 Å². The van der Waals surface area contributed by atoms with Crippen LogP contribution in [0.3, 0.4) is 0 Å². The number of carbonyl (C=O) groups is 11. The fraction of sp³-hybridized carbons (Fsp3) is 0.538. The number of nitrogen functional groups attached to an aromatic ring is 1. The molecule has 0 aliphatic carbocycles. The van der Waals surface area contributed by atoms with Crippen molar-refractivity contribution in [2.75, 3.05) is 114 Å². The van der Waals surface area contributed by atoms with Gasteiger partial charge in [0.15, 0.2) is 22.6 Å². The Morgan fingerprint density at radius 1 is 0.652 bits per heavy atom. The molecule has 39 nitrogen and oxygen atoms in total. The van der Waals surface area contributed by atoms with E-state index in [-0.39, 0.29) is 96.6 Å². The van der Waals surface area contributed by atoms with Crippen LogP contribution in [0, 0.1) is 11.8 Å². The SMILES string of the molecule is COc1cc2cc(c1Cl)N(C)C(=O)CC(OC(=O)[C@H](C)N(C)C(=O)CCSSCCNC(=O)[C@H](CCC(=O)NCCSSCCC(=O)N(C)[C@@H](C)C(=O)OC1CC(=O)N(C)c3cc(cc(OC)c3Cl)C/C(C)=C\C=C/[C@@H](OC)[C@@]3(O)C[C@H](OC(=O)N3)[C@@H](C)[C@@H]3O[C@@]13C)NC(=O)c1ccc(NCc3cnc4[nH]c(N)nc(=O)c4n3)cc1)[C@]1(C)O[C@H]1[C@H](C)[C@@H]1C[C@@](O)(NC(=O)O1)[C@H](OC)C=C/C=C(/C)C2. The number of aromatic amines is 1. The molecular formula is C93H121Cl2N15O24S4. The molecule has 0 radical (unpaired) electrons. The molecular weight excluding hydrogens is 1910 g/mol. The Kier molecular flexibility index (Phi) is 37.3. The number of nitrogens with one attached hydrogen (secondary N) is 7. The maximum absolute atomic E-state index is 14.6. The van der Waals surface area contributed by atoms with Crippen LogP contribution in [-0.4, -0.2) is 288 Å². The molecule has 17 atom stereocenters. The van der Waals surface area contributed by atoms with Gasteiger partial charge in [-0.05, 0) is 120 Å². The van der Waals surface area contributed by atoms with Crippen LogP contribution < -0.4 is 62.5 Å². The topological polar surface area (TPSA) is 510 Å². The lowest BCUT2D eigenvalue weighted by atomic mass is 9.83. The predicted molar refractivity (Wildman–Crippen MR) is 524 cm³/mol. The number of alkyl carbamates (subject to hydrolysis) is 2. The highest BCUT2D eigenvalue weighted by Gasteiger charge is 2.66. The van der Waals surface area contributed by atoms with Gasteiger partial charge in [0.1, 0.15) is 87.5 Å². The lowest BCUT2D eigenvalue weighted by Crippen LogP contribution is -2.63. The zero-order valence-corrected chi connectivity index (χ0v) is 84.4. The molecule has 2 unspecified atom stereocenters. The quantitative estimate of drug-likeness (QED) is 0.00617. The standard InChI is InChI=1S/C93H121Cl2N15O24S4/c1-49-19-17-21-67(127-15)92(123)45-65(129-88(121)105-92)51(3)79-90(7,133-79)69(43-74(114)109(11)61-39-55(37-49)41-63(125-13)76(61)94)131-85(119)53(5)107(9)72(112)29-33-135-137-35-31-97-71(111)28-27-60(102-82(116)57-23-25-58(26-24-57)99-47-59-48-100-81-78(101-59)84(118)104-87(96)103-81)83(117)98-32-36-138-136-34-30-73(113)108(10)54(6)86(120)132-70-44-75(115)110(12)62-40-56(42-64(126-14)77(62)95)38-50(2)20-18-22-68(128-16)93(124)46-66(130-89(122)106-93)52(4)80-91(70,8)134-80/h17-26,39-42,48,51-54,60,65-70,79-80,99,123-124H,27-38,43-47H2,1-16H3,(H,97,111)(H,98,117)(H,102,116)(H,105,121)(H,106,122)(H3,96,100,103,104,118)/b21-17-,22-18?,49-19-,50-20-/t51-,52-,53+,54+,60+,65+,66+,67-,68-,69?,70?,79+,80+,90+,91+,92+,93+/m1/s1. The van der Waals surface area contributed by atoms with Crippen LogP contribution in [0.1, 0.15) is 134 Å². The summed E-state index contributed by atoms with van der Waals surface area (Å²) in [6, 6.07) is 9.79. The van der Waals surface area contributed by atoms with E-state index in [4.69, 9.17) is 76.3 Å². The van der Waals surface area contributed by atoms with Crippen molar-refractivity contribution in [2.24, 2.45) is 11.8 Å². The van der Waals surface area contributed by atoms with Crippen molar-refractivity contribution in [2.45, 2.75) is 216 Å². The normalized spacial score (nSPS) is 26.6. The highest BCUT2D eigenvalue weighted by atomic mass is 35.5. The summed E-state index contributed by atoms with van der Waals surface area (Å²) >= 11 is 13.8. The molecule has 3 aromatic carbocycles. The smallest absolute Gasteiger partial charge is 0.409 e. The number of H-pyrrole nitrogens is 1. The molecule has 4 fully saturated rings. The van der Waals surface area contributed by atoms with Crippen molar-refractivity contribution >= 4 is 166 Å². The number of anilines is 4. The van der Waals surface area contributed by atoms with Crippen LogP contribution in [0.5, 0.6) is 11.5 Å². The Bertz CT molecular complexity index is 5530. The van der Waals surface area contributed by atoms with Crippen LogP contribution in [0.15, 0.2) is 107 Å². The zero-order valence-electron chi connectivity index (χ0n) is 79.7. The molecule has 0 spiro atoms. The van der Waals surface area contributed by atoms with Gasteiger partial charge in [-0.25, -0.2) is 29.1 Å². The number of epoxide rings is 2. The summed E-state index contributed by atoms with van der Waals surface area (Å²) in [7, 11) is 17.1. The summed E-state index contributed by atoms with van der Waals surface area (Å²) in [5.74, 6) is -4.66. The third-order valence-electron chi connectivity index (χ3n) is 25.4. The Balaban J connectivity index is 0.663. The lowest BCUT2D eigenvalue weighted by Gasteiger charge is -2.42. The number of aliphatic hydroxyl groups is 2. The van der Waals surface area contributed by atoms with E-state index in [1.54, 1.807) is 88.4 Å². The Morgan fingerprint density at radius 3 is 1.57 bits per heavy atom. The first-order valence-electron chi connectivity index (χ1n) is 44.8. The van der Waals surface area contributed by atoms with Crippen molar-refractivity contribution in [3.8, 4) is 11.5 Å². The fourth-order valence-corrected chi connectivity index (χ4v) is 21.1. The average Bonchev–Trinajstić information content (AvgIpc) is 1.57. The number of benzene rings is 3. The Morgan fingerprint density at radius 2 is 1.11 bits per heavy atom. The van der Waals surface area contributed by atoms with E-state index in [1.165, 1.54) is 152 Å². The molecule has 11 N–H and O–H groups in total. The highest BCUT2D eigenvalue weighted by Crippen LogP contribution is 2.52. The number of carbonyl (C=O) groups excluding carboxylic acids is 11. The summed E-state index contributed by atoms with van der Waals surface area (Å²) in [5.41, 5.74) is 3.64. The van der Waals surface area contributed by atoms with E-state index in [9.17, 15) is 67.7 Å². The van der Waals surface area contributed by atoms with Crippen LogP contribution in [0.2, 0.25) is 10.0 Å². The summed E-state index contributed by atoms with van der Waals surface area (Å²) in [5, 5.41) is 41.0. The van der Waals surface area contributed by atoms with Crippen LogP contribution in [-0.2, 0) is 95.6 Å². The third kappa shape index (κ3) is 27.0. The largest absolute Gasteiger partial charge is 0.495 e. The van der Waals surface area contributed by atoms with Gasteiger partial charge >= 0.3 is 29.7 Å². The maximum Gasteiger partial charge on any atom is 0.409 e.